The molecule has 3 N–H and O–H groups in total. The predicted molar refractivity (Wildman–Crippen MR) is 89.4 cm³/mol. The third-order valence-electron chi connectivity index (χ3n) is 5.30. The monoisotopic (exact) mass is 367 g/mol. The standard InChI is InChI=1S/C18H25NO7/c20-15-13(25-17(22)11-7-3-1-4-8-11)14(16(21)19(15)24)26-18(23)12-9-5-2-6-10-12/h11-12,20-21,24H,1-10H2. The number of nitrogens with zero attached hydrogens (tertiary/aromatic N) is 1. The zero-order valence-corrected chi connectivity index (χ0v) is 14.6. The first-order valence-corrected chi connectivity index (χ1v) is 9.28. The lowest BCUT2D eigenvalue weighted by Gasteiger charge is -2.21. The van der Waals surface area contributed by atoms with Gasteiger partial charge >= 0.3 is 11.9 Å². The summed E-state index contributed by atoms with van der Waals surface area (Å²) in [4.78, 5) is 24.7. The predicted octanol–water partition coefficient (Wildman–Crippen LogP) is 3.11. The Bertz CT molecular complexity index is 614. The topological polar surface area (TPSA) is 118 Å². The maximum Gasteiger partial charge on any atom is 0.314 e. The highest BCUT2D eigenvalue weighted by molar-refractivity contribution is 5.81. The Kier molecular flexibility index (Phi) is 5.58. The molecule has 3 rings (SSSR count). The van der Waals surface area contributed by atoms with Gasteiger partial charge in [0, 0.05) is 0 Å². The molecule has 2 fully saturated rings. The molecule has 1 heterocycles. The molecule has 8 heteroatoms. The van der Waals surface area contributed by atoms with Crippen molar-refractivity contribution >= 4 is 11.9 Å². The maximum absolute atomic E-state index is 12.3. The van der Waals surface area contributed by atoms with E-state index in [1.165, 1.54) is 0 Å². The lowest BCUT2D eigenvalue weighted by Crippen LogP contribution is -2.24. The second kappa shape index (κ2) is 7.88. The van der Waals surface area contributed by atoms with Gasteiger partial charge in [0.1, 0.15) is 0 Å². The van der Waals surface area contributed by atoms with Crippen molar-refractivity contribution in [3.05, 3.63) is 0 Å². The second-order valence-corrected chi connectivity index (χ2v) is 7.13. The third kappa shape index (κ3) is 3.73. The summed E-state index contributed by atoms with van der Waals surface area (Å²) in [5.41, 5.74) is 0. The number of ether oxygens (including phenoxy) is 2. The number of carbonyl (C=O) groups is 2. The van der Waals surface area contributed by atoms with Crippen molar-refractivity contribution in [2.24, 2.45) is 11.8 Å². The highest BCUT2D eigenvalue weighted by Crippen LogP contribution is 2.47. The van der Waals surface area contributed by atoms with Gasteiger partial charge in [-0.3, -0.25) is 9.59 Å². The molecule has 0 bridgehead atoms. The van der Waals surface area contributed by atoms with E-state index in [0.29, 0.717) is 25.7 Å². The minimum atomic E-state index is -0.877. The van der Waals surface area contributed by atoms with E-state index in [4.69, 9.17) is 9.47 Å². The van der Waals surface area contributed by atoms with E-state index in [0.717, 1.165) is 38.5 Å². The molecule has 26 heavy (non-hydrogen) atoms. The fraction of sp³-hybridized carbons (Fsp3) is 0.667. The fourth-order valence-electron chi connectivity index (χ4n) is 3.72. The van der Waals surface area contributed by atoms with E-state index in [-0.39, 0.29) is 16.6 Å². The van der Waals surface area contributed by atoms with E-state index >= 15 is 0 Å². The summed E-state index contributed by atoms with van der Waals surface area (Å²) in [5.74, 6) is -4.56. The summed E-state index contributed by atoms with van der Waals surface area (Å²) >= 11 is 0. The molecule has 0 amide bonds. The van der Waals surface area contributed by atoms with E-state index in [1.807, 2.05) is 0 Å². The molecule has 2 aliphatic carbocycles. The number of aromatic hydroxyl groups is 2. The van der Waals surface area contributed by atoms with Gasteiger partial charge in [-0.25, -0.2) is 0 Å². The van der Waals surface area contributed by atoms with Gasteiger partial charge in [0.15, 0.2) is 0 Å². The summed E-state index contributed by atoms with van der Waals surface area (Å²) in [7, 11) is 0. The van der Waals surface area contributed by atoms with Crippen molar-refractivity contribution in [3.8, 4) is 23.3 Å². The third-order valence-corrected chi connectivity index (χ3v) is 5.30. The number of carbonyl (C=O) groups excluding carboxylic acids is 2. The largest absolute Gasteiger partial charge is 0.490 e. The van der Waals surface area contributed by atoms with E-state index < -0.39 is 35.2 Å². The maximum atomic E-state index is 12.3. The van der Waals surface area contributed by atoms with E-state index in [1.54, 1.807) is 0 Å². The first-order chi connectivity index (χ1) is 12.5. The van der Waals surface area contributed by atoms with Crippen LogP contribution in [0.25, 0.3) is 0 Å². The van der Waals surface area contributed by atoms with E-state index in [2.05, 4.69) is 0 Å². The Balaban J connectivity index is 1.77. The van der Waals surface area contributed by atoms with Crippen molar-refractivity contribution in [1.29, 1.82) is 0 Å². The van der Waals surface area contributed by atoms with Gasteiger partial charge in [-0.05, 0) is 25.7 Å². The van der Waals surface area contributed by atoms with Gasteiger partial charge in [0.2, 0.25) is 11.5 Å². The number of aromatic nitrogens is 1. The van der Waals surface area contributed by atoms with Crippen LogP contribution >= 0.6 is 0 Å². The van der Waals surface area contributed by atoms with Crippen LogP contribution in [-0.2, 0) is 9.59 Å². The Morgan fingerprint density at radius 3 is 1.42 bits per heavy atom. The summed E-state index contributed by atoms with van der Waals surface area (Å²) in [5, 5.41) is 29.6. The first-order valence-electron chi connectivity index (χ1n) is 9.28. The molecule has 0 aromatic carbocycles. The van der Waals surface area contributed by atoms with Crippen LogP contribution in [0.5, 0.6) is 23.3 Å². The lowest BCUT2D eigenvalue weighted by atomic mass is 9.89. The number of esters is 2. The van der Waals surface area contributed by atoms with Crippen LogP contribution in [-0.4, -0.2) is 32.1 Å². The Hall–Kier alpha value is -2.38. The van der Waals surface area contributed by atoms with Gasteiger partial charge in [-0.2, -0.15) is 0 Å². The molecule has 1 aromatic heterocycles. The van der Waals surface area contributed by atoms with Crippen LogP contribution in [0.1, 0.15) is 64.2 Å². The van der Waals surface area contributed by atoms with Crippen LogP contribution in [0, 0.1) is 11.8 Å². The molecular weight excluding hydrogens is 342 g/mol. The lowest BCUT2D eigenvalue weighted by molar-refractivity contribution is -0.142. The molecule has 0 spiro atoms. The smallest absolute Gasteiger partial charge is 0.314 e. The molecule has 144 valence electrons. The first kappa shape index (κ1) is 18.4. The Morgan fingerprint density at radius 2 is 1.08 bits per heavy atom. The average Bonchev–Trinajstić information content (AvgIpc) is 2.87. The minimum absolute atomic E-state index is 0.0347. The normalized spacial score (nSPS) is 19.2. The van der Waals surface area contributed by atoms with Crippen LogP contribution in [0.3, 0.4) is 0 Å². The zero-order valence-electron chi connectivity index (χ0n) is 14.6. The Labute approximate surface area is 151 Å². The van der Waals surface area contributed by atoms with Crippen molar-refractivity contribution in [3.63, 3.8) is 0 Å². The zero-order chi connectivity index (χ0) is 18.7. The molecule has 0 unspecified atom stereocenters. The highest BCUT2D eigenvalue weighted by Gasteiger charge is 2.34. The Morgan fingerprint density at radius 1 is 0.731 bits per heavy atom. The molecule has 8 nitrogen and oxygen atoms in total. The number of hydrogen-bond donors (Lipinski definition) is 3. The molecule has 0 atom stereocenters. The second-order valence-electron chi connectivity index (χ2n) is 7.13. The van der Waals surface area contributed by atoms with Gasteiger partial charge in [-0.15, -0.1) is 4.73 Å². The van der Waals surface area contributed by atoms with Gasteiger partial charge < -0.3 is 24.9 Å². The minimum Gasteiger partial charge on any atom is -0.490 e. The van der Waals surface area contributed by atoms with Crippen LogP contribution in [0.15, 0.2) is 0 Å². The quantitative estimate of drug-likeness (QED) is 0.553. The molecule has 0 aliphatic heterocycles. The van der Waals surface area contributed by atoms with Gasteiger partial charge in [0.25, 0.3) is 11.8 Å². The van der Waals surface area contributed by atoms with Crippen molar-refractivity contribution < 1.29 is 34.5 Å². The molecule has 1 aromatic rings. The highest BCUT2D eigenvalue weighted by atomic mass is 16.6. The van der Waals surface area contributed by atoms with Crippen molar-refractivity contribution in [1.82, 2.24) is 4.73 Å². The van der Waals surface area contributed by atoms with Crippen molar-refractivity contribution in [2.45, 2.75) is 64.2 Å². The van der Waals surface area contributed by atoms with Crippen LogP contribution < -0.4 is 9.47 Å². The van der Waals surface area contributed by atoms with Gasteiger partial charge in [0.05, 0.1) is 11.8 Å². The summed E-state index contributed by atoms with van der Waals surface area (Å²) in [6.07, 6.45) is 8.53. The molecule has 0 saturated heterocycles. The summed E-state index contributed by atoms with van der Waals surface area (Å²) < 4.78 is 10.4. The SMILES string of the molecule is O=C(Oc1c(OC(=O)C2CCCCC2)c(O)n(O)c1O)C1CCCCC1. The van der Waals surface area contributed by atoms with Crippen LogP contribution in [0.4, 0.5) is 0 Å². The van der Waals surface area contributed by atoms with Crippen molar-refractivity contribution in [2.75, 3.05) is 0 Å². The number of hydrogen-bond acceptors (Lipinski definition) is 7. The summed E-state index contributed by atoms with van der Waals surface area (Å²) in [6.45, 7) is 0. The number of rotatable bonds is 4. The summed E-state index contributed by atoms with van der Waals surface area (Å²) in [6, 6.07) is 0. The molecule has 2 saturated carbocycles. The van der Waals surface area contributed by atoms with Crippen LogP contribution in [0.2, 0.25) is 0 Å². The van der Waals surface area contributed by atoms with Gasteiger partial charge in [-0.1, -0.05) is 38.5 Å². The van der Waals surface area contributed by atoms with E-state index in [9.17, 15) is 25.0 Å². The molecule has 2 aliphatic rings. The molecule has 0 radical (unpaired) electrons. The fourth-order valence-corrected chi connectivity index (χ4v) is 3.72. The average molecular weight is 367 g/mol. The molecular formula is C18H25NO7.